The van der Waals surface area contributed by atoms with Gasteiger partial charge in [0.1, 0.15) is 0 Å². The predicted molar refractivity (Wildman–Crippen MR) is 67.3 cm³/mol. The van der Waals surface area contributed by atoms with E-state index in [1.807, 2.05) is 19.9 Å². The summed E-state index contributed by atoms with van der Waals surface area (Å²) >= 11 is 1.62. The molecule has 16 heavy (non-hydrogen) atoms. The molecule has 84 valence electrons. The fourth-order valence-electron chi connectivity index (χ4n) is 1.60. The molecule has 0 N–H and O–H groups in total. The molecule has 3 heteroatoms. The van der Waals surface area contributed by atoms with Gasteiger partial charge in [-0.1, -0.05) is 41.7 Å². The maximum atomic E-state index is 5.59. The van der Waals surface area contributed by atoms with Gasteiger partial charge in [0.2, 0.25) is 0 Å². The topological polar surface area (TPSA) is 22.1 Å². The first-order valence-corrected chi connectivity index (χ1v) is 6.24. The molecule has 0 aliphatic heterocycles. The van der Waals surface area contributed by atoms with Crippen molar-refractivity contribution in [1.82, 2.24) is 4.98 Å². The van der Waals surface area contributed by atoms with Crippen LogP contribution in [0.25, 0.3) is 0 Å². The van der Waals surface area contributed by atoms with Gasteiger partial charge in [0.15, 0.2) is 5.06 Å². The number of benzene rings is 1. The number of rotatable bonds is 4. The molecule has 1 aromatic carbocycles. The summed E-state index contributed by atoms with van der Waals surface area (Å²) in [6, 6.07) is 10.4. The van der Waals surface area contributed by atoms with E-state index in [0.717, 1.165) is 22.2 Å². The summed E-state index contributed by atoms with van der Waals surface area (Å²) in [5.74, 6) is 0. The largest absolute Gasteiger partial charge is 0.483 e. The Morgan fingerprint density at radius 3 is 2.69 bits per heavy atom. The Kier molecular flexibility index (Phi) is 3.57. The highest BCUT2D eigenvalue weighted by Gasteiger charge is 2.10. The standard InChI is InChI=1S/C13H15NOS/c1-3-15-13-12(14-10(2)16-13)9-11-7-5-4-6-8-11/h4-8H,3,9H2,1-2H3. The maximum Gasteiger partial charge on any atom is 0.197 e. The summed E-state index contributed by atoms with van der Waals surface area (Å²) in [6.07, 6.45) is 0.848. The first-order chi connectivity index (χ1) is 7.79. The summed E-state index contributed by atoms with van der Waals surface area (Å²) in [5, 5.41) is 2.03. The minimum atomic E-state index is 0.698. The lowest BCUT2D eigenvalue weighted by Gasteiger charge is -2.02. The van der Waals surface area contributed by atoms with Crippen LogP contribution in [0.4, 0.5) is 0 Å². The van der Waals surface area contributed by atoms with Crippen molar-refractivity contribution in [2.24, 2.45) is 0 Å². The van der Waals surface area contributed by atoms with Crippen LogP contribution in [0.3, 0.4) is 0 Å². The van der Waals surface area contributed by atoms with Gasteiger partial charge in [0.05, 0.1) is 17.3 Å². The maximum absolute atomic E-state index is 5.59. The molecule has 0 atom stereocenters. The summed E-state index contributed by atoms with van der Waals surface area (Å²) < 4.78 is 5.59. The lowest BCUT2D eigenvalue weighted by molar-refractivity contribution is 0.346. The van der Waals surface area contributed by atoms with E-state index in [1.165, 1.54) is 5.56 Å². The van der Waals surface area contributed by atoms with Crippen LogP contribution in [0.1, 0.15) is 23.2 Å². The molecule has 0 aliphatic rings. The Bertz CT molecular complexity index is 450. The molecule has 0 radical (unpaired) electrons. The molecule has 0 spiro atoms. The van der Waals surface area contributed by atoms with Gasteiger partial charge in [0, 0.05) is 6.42 Å². The Morgan fingerprint density at radius 2 is 2.00 bits per heavy atom. The first-order valence-electron chi connectivity index (χ1n) is 5.42. The monoisotopic (exact) mass is 233 g/mol. The van der Waals surface area contributed by atoms with Crippen LogP contribution >= 0.6 is 11.3 Å². The van der Waals surface area contributed by atoms with E-state index in [9.17, 15) is 0 Å². The van der Waals surface area contributed by atoms with Gasteiger partial charge in [-0.15, -0.1) is 0 Å². The third-order valence-corrected chi connectivity index (χ3v) is 3.18. The van der Waals surface area contributed by atoms with Gasteiger partial charge in [-0.05, 0) is 19.4 Å². The molecular formula is C13H15NOS. The normalized spacial score (nSPS) is 10.4. The van der Waals surface area contributed by atoms with Crippen molar-refractivity contribution >= 4 is 11.3 Å². The molecule has 2 rings (SSSR count). The Labute approximate surface area is 99.9 Å². The van der Waals surface area contributed by atoms with E-state index in [0.29, 0.717) is 6.61 Å². The number of ether oxygens (including phenoxy) is 1. The zero-order valence-electron chi connectivity index (χ0n) is 9.56. The minimum absolute atomic E-state index is 0.698. The smallest absolute Gasteiger partial charge is 0.197 e. The highest BCUT2D eigenvalue weighted by atomic mass is 32.1. The number of aromatic nitrogens is 1. The van der Waals surface area contributed by atoms with E-state index in [4.69, 9.17) is 4.74 Å². The van der Waals surface area contributed by atoms with Crippen molar-refractivity contribution < 1.29 is 4.74 Å². The minimum Gasteiger partial charge on any atom is -0.483 e. The van der Waals surface area contributed by atoms with E-state index in [2.05, 4.69) is 29.2 Å². The molecule has 0 aliphatic carbocycles. The second kappa shape index (κ2) is 5.12. The predicted octanol–water partition coefficient (Wildman–Crippen LogP) is 3.44. The van der Waals surface area contributed by atoms with Crippen LogP contribution in [-0.2, 0) is 6.42 Å². The summed E-state index contributed by atoms with van der Waals surface area (Å²) in [7, 11) is 0. The van der Waals surface area contributed by atoms with Crippen molar-refractivity contribution in [3.05, 3.63) is 46.6 Å². The molecule has 1 heterocycles. The van der Waals surface area contributed by atoms with Crippen LogP contribution in [-0.4, -0.2) is 11.6 Å². The number of hydrogen-bond donors (Lipinski definition) is 0. The zero-order valence-corrected chi connectivity index (χ0v) is 10.4. The molecule has 0 fully saturated rings. The van der Waals surface area contributed by atoms with Crippen molar-refractivity contribution in [1.29, 1.82) is 0 Å². The van der Waals surface area contributed by atoms with Gasteiger partial charge in [-0.2, -0.15) is 0 Å². The molecule has 0 amide bonds. The summed E-state index contributed by atoms with van der Waals surface area (Å²) in [5.41, 5.74) is 2.32. The van der Waals surface area contributed by atoms with Crippen molar-refractivity contribution in [2.45, 2.75) is 20.3 Å². The van der Waals surface area contributed by atoms with Gasteiger partial charge < -0.3 is 4.74 Å². The molecule has 1 aromatic heterocycles. The van der Waals surface area contributed by atoms with Crippen LogP contribution in [0.15, 0.2) is 30.3 Å². The second-order valence-corrected chi connectivity index (χ2v) is 4.73. The van der Waals surface area contributed by atoms with Gasteiger partial charge >= 0.3 is 0 Å². The lowest BCUT2D eigenvalue weighted by atomic mass is 10.1. The van der Waals surface area contributed by atoms with E-state index < -0.39 is 0 Å². The van der Waals surface area contributed by atoms with Crippen molar-refractivity contribution in [3.63, 3.8) is 0 Å². The Hall–Kier alpha value is -1.35. The van der Waals surface area contributed by atoms with Gasteiger partial charge in [0.25, 0.3) is 0 Å². The fraction of sp³-hybridized carbons (Fsp3) is 0.308. The molecule has 0 unspecified atom stereocenters. The number of thiazole rings is 1. The quantitative estimate of drug-likeness (QED) is 0.807. The first kappa shape index (κ1) is 11.1. The van der Waals surface area contributed by atoms with Crippen molar-refractivity contribution in [3.8, 4) is 5.06 Å². The lowest BCUT2D eigenvalue weighted by Crippen LogP contribution is -1.95. The molecular weight excluding hydrogens is 218 g/mol. The number of hydrogen-bond acceptors (Lipinski definition) is 3. The summed E-state index contributed by atoms with van der Waals surface area (Å²) in [6.45, 7) is 4.71. The van der Waals surface area contributed by atoms with E-state index in [1.54, 1.807) is 11.3 Å². The van der Waals surface area contributed by atoms with Crippen LogP contribution in [0.5, 0.6) is 5.06 Å². The zero-order chi connectivity index (χ0) is 11.4. The average Bonchev–Trinajstić information content (AvgIpc) is 2.61. The van der Waals surface area contributed by atoms with E-state index >= 15 is 0 Å². The van der Waals surface area contributed by atoms with E-state index in [-0.39, 0.29) is 0 Å². The van der Waals surface area contributed by atoms with Crippen LogP contribution in [0, 0.1) is 6.92 Å². The third kappa shape index (κ3) is 2.61. The van der Waals surface area contributed by atoms with Gasteiger partial charge in [-0.3, -0.25) is 0 Å². The molecule has 0 saturated heterocycles. The Balaban J connectivity index is 2.20. The molecule has 0 saturated carbocycles. The third-order valence-electron chi connectivity index (χ3n) is 2.26. The molecule has 2 aromatic rings. The second-order valence-electron chi connectivity index (χ2n) is 3.56. The SMILES string of the molecule is CCOc1sc(C)nc1Cc1ccccc1. The Morgan fingerprint density at radius 1 is 1.25 bits per heavy atom. The average molecular weight is 233 g/mol. The van der Waals surface area contributed by atoms with Crippen LogP contribution < -0.4 is 4.74 Å². The highest BCUT2D eigenvalue weighted by Crippen LogP contribution is 2.28. The molecule has 0 bridgehead atoms. The number of aryl methyl sites for hydroxylation is 1. The highest BCUT2D eigenvalue weighted by molar-refractivity contribution is 7.13. The van der Waals surface area contributed by atoms with Gasteiger partial charge in [-0.25, -0.2) is 4.98 Å². The van der Waals surface area contributed by atoms with Crippen LogP contribution in [0.2, 0.25) is 0 Å². The molecule has 2 nitrogen and oxygen atoms in total. The fourth-order valence-corrected chi connectivity index (χ4v) is 2.43. The number of nitrogens with zero attached hydrogens (tertiary/aromatic N) is 1. The summed E-state index contributed by atoms with van der Waals surface area (Å²) in [4.78, 5) is 4.52. The van der Waals surface area contributed by atoms with Crippen molar-refractivity contribution in [2.75, 3.05) is 6.61 Å².